The van der Waals surface area contributed by atoms with Crippen molar-refractivity contribution < 1.29 is 18.4 Å². The number of rotatable bonds is 3. The molecule has 0 spiro atoms. The molecule has 1 aliphatic heterocycles. The normalized spacial score (nSPS) is 15.8. The number of carbonyl (C=O) groups excluding carboxylic acids is 2. The SMILES string of the molecule is CC(C)(C)c1cc(-c2ccc(Cl)c(F)c2)nc2cc(C(=O)N3CCN(c4ccncc4)C(=O)C3(C)C)oc12. The summed E-state index contributed by atoms with van der Waals surface area (Å²) in [5, 5.41) is 0.0308. The highest BCUT2D eigenvalue weighted by Crippen LogP contribution is 2.36. The van der Waals surface area contributed by atoms with Crippen LogP contribution in [0, 0.1) is 5.82 Å². The Kier molecular flexibility index (Phi) is 6.26. The van der Waals surface area contributed by atoms with Crippen molar-refractivity contribution in [3.8, 4) is 11.3 Å². The number of hydrogen-bond acceptors (Lipinski definition) is 5. The summed E-state index contributed by atoms with van der Waals surface area (Å²) in [6.07, 6.45) is 3.27. The molecule has 9 heteroatoms. The first-order valence-electron chi connectivity index (χ1n) is 12.3. The van der Waals surface area contributed by atoms with Crippen LogP contribution in [0.25, 0.3) is 22.4 Å². The summed E-state index contributed by atoms with van der Waals surface area (Å²) >= 11 is 5.87. The topological polar surface area (TPSA) is 79.5 Å². The van der Waals surface area contributed by atoms with E-state index in [1.54, 1.807) is 55.4 Å². The number of fused-ring (bicyclic) bond motifs is 1. The maximum Gasteiger partial charge on any atom is 0.290 e. The molecule has 0 radical (unpaired) electrons. The Hall–Kier alpha value is -3.78. The molecule has 0 N–H and O–H groups in total. The van der Waals surface area contributed by atoms with Crippen molar-refractivity contribution in [2.75, 3.05) is 18.0 Å². The Morgan fingerprint density at radius 3 is 2.45 bits per heavy atom. The van der Waals surface area contributed by atoms with Crippen molar-refractivity contribution >= 4 is 40.2 Å². The lowest BCUT2D eigenvalue weighted by atomic mass is 9.86. The minimum absolute atomic E-state index is 0.0308. The van der Waals surface area contributed by atoms with E-state index < -0.39 is 17.3 Å². The van der Waals surface area contributed by atoms with Gasteiger partial charge in [-0.15, -0.1) is 0 Å². The molecular weight excluding hydrogens is 507 g/mol. The number of anilines is 1. The standard InChI is InChI=1S/C29H28ClFN4O3/c1-28(2,3)19-15-22(17-6-7-20(30)21(31)14-17)33-23-16-24(38-25(19)23)26(36)35-13-12-34(27(37)29(35,4)5)18-8-10-32-11-9-18/h6-11,14-16H,12-13H2,1-5H3. The highest BCUT2D eigenvalue weighted by Gasteiger charge is 2.45. The molecule has 7 nitrogen and oxygen atoms in total. The number of carbonyl (C=O) groups is 2. The zero-order chi connectivity index (χ0) is 27.4. The smallest absolute Gasteiger partial charge is 0.290 e. The van der Waals surface area contributed by atoms with E-state index in [0.717, 1.165) is 11.3 Å². The molecule has 4 heterocycles. The minimum atomic E-state index is -1.11. The Morgan fingerprint density at radius 2 is 1.79 bits per heavy atom. The number of amides is 2. The molecule has 0 aliphatic carbocycles. The van der Waals surface area contributed by atoms with E-state index in [4.69, 9.17) is 16.0 Å². The van der Waals surface area contributed by atoms with Crippen LogP contribution in [0.3, 0.4) is 0 Å². The number of furan rings is 1. The van der Waals surface area contributed by atoms with Gasteiger partial charge in [0, 0.05) is 48.4 Å². The number of piperazine rings is 1. The first-order valence-corrected chi connectivity index (χ1v) is 12.7. The first kappa shape index (κ1) is 25.9. The summed E-state index contributed by atoms with van der Waals surface area (Å²) in [6.45, 7) is 10.2. The summed E-state index contributed by atoms with van der Waals surface area (Å²) in [5.41, 5.74) is 2.16. The second-order valence-electron chi connectivity index (χ2n) is 10.9. The third-order valence-electron chi connectivity index (χ3n) is 6.92. The maximum absolute atomic E-state index is 14.2. The molecule has 1 saturated heterocycles. The molecule has 4 aromatic rings. The van der Waals surface area contributed by atoms with Crippen molar-refractivity contribution in [3.05, 3.63) is 77.0 Å². The fourth-order valence-corrected chi connectivity index (χ4v) is 4.89. The van der Waals surface area contributed by atoms with Crippen molar-refractivity contribution in [1.82, 2.24) is 14.9 Å². The first-order chi connectivity index (χ1) is 17.9. The van der Waals surface area contributed by atoms with Crippen LogP contribution in [-0.4, -0.2) is 45.3 Å². The number of hydrogen-bond donors (Lipinski definition) is 0. The van der Waals surface area contributed by atoms with Crippen molar-refractivity contribution in [1.29, 1.82) is 0 Å². The van der Waals surface area contributed by atoms with Crippen LogP contribution >= 0.6 is 11.6 Å². The zero-order valence-corrected chi connectivity index (χ0v) is 22.6. The van der Waals surface area contributed by atoms with Crippen molar-refractivity contribution in [3.63, 3.8) is 0 Å². The highest BCUT2D eigenvalue weighted by atomic mass is 35.5. The number of halogens is 2. The Labute approximate surface area is 225 Å². The van der Waals surface area contributed by atoms with Crippen LogP contribution in [0.1, 0.15) is 50.7 Å². The van der Waals surface area contributed by atoms with Crippen LogP contribution in [0.4, 0.5) is 10.1 Å². The van der Waals surface area contributed by atoms with E-state index in [1.165, 1.54) is 17.0 Å². The monoisotopic (exact) mass is 534 g/mol. The minimum Gasteiger partial charge on any atom is -0.449 e. The van der Waals surface area contributed by atoms with Gasteiger partial charge in [-0.2, -0.15) is 0 Å². The van der Waals surface area contributed by atoms with Gasteiger partial charge in [0.1, 0.15) is 16.9 Å². The molecule has 196 valence electrons. The number of benzene rings is 1. The molecule has 1 fully saturated rings. The third-order valence-corrected chi connectivity index (χ3v) is 7.23. The predicted molar refractivity (Wildman–Crippen MR) is 145 cm³/mol. The van der Waals surface area contributed by atoms with E-state index >= 15 is 0 Å². The van der Waals surface area contributed by atoms with Crippen LogP contribution in [0.2, 0.25) is 5.02 Å². The zero-order valence-electron chi connectivity index (χ0n) is 21.9. The van der Waals surface area contributed by atoms with Crippen LogP contribution < -0.4 is 4.90 Å². The summed E-state index contributed by atoms with van der Waals surface area (Å²) in [4.78, 5) is 39.1. The molecule has 0 atom stereocenters. The summed E-state index contributed by atoms with van der Waals surface area (Å²) in [5.74, 6) is -1.03. The average molecular weight is 535 g/mol. The van der Waals surface area contributed by atoms with E-state index in [9.17, 15) is 14.0 Å². The van der Waals surface area contributed by atoms with Gasteiger partial charge < -0.3 is 14.2 Å². The number of pyridine rings is 2. The van der Waals surface area contributed by atoms with Gasteiger partial charge in [-0.3, -0.25) is 14.6 Å². The van der Waals surface area contributed by atoms with Crippen LogP contribution in [0.5, 0.6) is 0 Å². The Bertz CT molecular complexity index is 1560. The van der Waals surface area contributed by atoms with Crippen LogP contribution in [0.15, 0.2) is 59.3 Å². The second kappa shape index (κ2) is 9.20. The lowest BCUT2D eigenvalue weighted by molar-refractivity contribution is -0.129. The Morgan fingerprint density at radius 1 is 1.08 bits per heavy atom. The van der Waals surface area contributed by atoms with Crippen molar-refractivity contribution in [2.45, 2.75) is 45.6 Å². The molecule has 0 bridgehead atoms. The van der Waals surface area contributed by atoms with Gasteiger partial charge in [0.05, 0.1) is 10.7 Å². The average Bonchev–Trinajstić information content (AvgIpc) is 3.30. The maximum atomic E-state index is 14.2. The Balaban J connectivity index is 1.53. The summed E-state index contributed by atoms with van der Waals surface area (Å²) in [7, 11) is 0. The van der Waals surface area contributed by atoms with Gasteiger partial charge in [0.2, 0.25) is 0 Å². The van der Waals surface area contributed by atoms with Gasteiger partial charge in [-0.05, 0) is 49.6 Å². The molecule has 1 aromatic carbocycles. The van der Waals surface area contributed by atoms with E-state index in [-0.39, 0.29) is 22.1 Å². The highest BCUT2D eigenvalue weighted by molar-refractivity contribution is 6.30. The molecule has 0 saturated carbocycles. The number of nitrogens with zero attached hydrogens (tertiary/aromatic N) is 4. The van der Waals surface area contributed by atoms with E-state index in [2.05, 4.69) is 9.97 Å². The molecule has 5 rings (SSSR count). The van der Waals surface area contributed by atoms with Gasteiger partial charge in [0.25, 0.3) is 11.8 Å². The molecular formula is C29H28ClFN4O3. The number of aromatic nitrogens is 2. The molecule has 3 aromatic heterocycles. The molecule has 38 heavy (non-hydrogen) atoms. The van der Waals surface area contributed by atoms with Crippen LogP contribution in [-0.2, 0) is 10.2 Å². The van der Waals surface area contributed by atoms with Gasteiger partial charge >= 0.3 is 0 Å². The second-order valence-corrected chi connectivity index (χ2v) is 11.3. The van der Waals surface area contributed by atoms with Gasteiger partial charge in [-0.25, -0.2) is 9.37 Å². The fraction of sp³-hybridized carbons (Fsp3) is 0.310. The fourth-order valence-electron chi connectivity index (χ4n) is 4.77. The quantitative estimate of drug-likeness (QED) is 0.310. The third kappa shape index (κ3) is 4.43. The molecule has 2 amide bonds. The summed E-state index contributed by atoms with van der Waals surface area (Å²) in [6, 6.07) is 11.5. The van der Waals surface area contributed by atoms with E-state index in [0.29, 0.717) is 35.4 Å². The lowest BCUT2D eigenvalue weighted by Gasteiger charge is -2.45. The lowest BCUT2D eigenvalue weighted by Crippen LogP contribution is -2.64. The summed E-state index contributed by atoms with van der Waals surface area (Å²) < 4.78 is 20.3. The van der Waals surface area contributed by atoms with Gasteiger partial charge in [0.15, 0.2) is 11.3 Å². The van der Waals surface area contributed by atoms with E-state index in [1.807, 2.05) is 26.8 Å². The largest absolute Gasteiger partial charge is 0.449 e. The van der Waals surface area contributed by atoms with Gasteiger partial charge in [-0.1, -0.05) is 38.4 Å². The predicted octanol–water partition coefficient (Wildman–Crippen LogP) is 6.25. The molecule has 1 aliphatic rings. The molecule has 0 unspecified atom stereocenters. The van der Waals surface area contributed by atoms with Crippen molar-refractivity contribution in [2.24, 2.45) is 0 Å².